The number of piperazine rings is 1. The first kappa shape index (κ1) is 18.6. The van der Waals surface area contributed by atoms with Crippen LogP contribution in [-0.4, -0.2) is 54.4 Å². The summed E-state index contributed by atoms with van der Waals surface area (Å²) < 4.78 is 5.49. The SMILES string of the molecule is O=C(COc1ccc(Cl)cc1)N1CCN(C(=O)c2ccccc2S)CC1. The molecule has 1 saturated heterocycles. The van der Waals surface area contributed by atoms with Gasteiger partial charge in [0, 0.05) is 36.1 Å². The van der Waals surface area contributed by atoms with Crippen LogP contribution in [0.4, 0.5) is 0 Å². The second-order valence-electron chi connectivity index (χ2n) is 5.93. The molecule has 1 heterocycles. The van der Waals surface area contributed by atoms with Gasteiger partial charge in [-0.15, -0.1) is 12.6 Å². The van der Waals surface area contributed by atoms with E-state index in [-0.39, 0.29) is 18.4 Å². The Labute approximate surface area is 162 Å². The number of halogens is 1. The van der Waals surface area contributed by atoms with E-state index in [9.17, 15) is 9.59 Å². The summed E-state index contributed by atoms with van der Waals surface area (Å²) in [6.45, 7) is 1.93. The molecule has 0 atom stereocenters. The van der Waals surface area contributed by atoms with Crippen LogP contribution in [0.3, 0.4) is 0 Å². The molecule has 0 aromatic heterocycles. The lowest BCUT2D eigenvalue weighted by Crippen LogP contribution is -2.51. The third kappa shape index (κ3) is 4.51. The van der Waals surface area contributed by atoms with E-state index in [0.29, 0.717) is 47.4 Å². The van der Waals surface area contributed by atoms with Gasteiger partial charge in [-0.3, -0.25) is 9.59 Å². The minimum atomic E-state index is -0.0957. The molecule has 2 aromatic carbocycles. The Morgan fingerprint density at radius 1 is 0.962 bits per heavy atom. The molecule has 1 fully saturated rings. The van der Waals surface area contributed by atoms with E-state index in [1.54, 1.807) is 46.2 Å². The van der Waals surface area contributed by atoms with Crippen molar-refractivity contribution in [3.63, 3.8) is 0 Å². The monoisotopic (exact) mass is 390 g/mol. The fourth-order valence-electron chi connectivity index (χ4n) is 2.75. The molecule has 0 radical (unpaired) electrons. The first-order chi connectivity index (χ1) is 12.5. The summed E-state index contributed by atoms with van der Waals surface area (Å²) in [5, 5.41) is 0.618. The second kappa shape index (κ2) is 8.47. The highest BCUT2D eigenvalue weighted by molar-refractivity contribution is 7.80. The highest BCUT2D eigenvalue weighted by Gasteiger charge is 2.25. The van der Waals surface area contributed by atoms with E-state index in [1.807, 2.05) is 12.1 Å². The lowest BCUT2D eigenvalue weighted by molar-refractivity contribution is -0.134. The molecule has 26 heavy (non-hydrogen) atoms. The van der Waals surface area contributed by atoms with Crippen molar-refractivity contribution in [2.45, 2.75) is 4.90 Å². The van der Waals surface area contributed by atoms with Crippen molar-refractivity contribution < 1.29 is 14.3 Å². The number of hydrogen-bond donors (Lipinski definition) is 1. The fraction of sp³-hybridized carbons (Fsp3) is 0.263. The lowest BCUT2D eigenvalue weighted by atomic mass is 10.2. The van der Waals surface area contributed by atoms with Crippen molar-refractivity contribution >= 4 is 36.0 Å². The molecule has 1 aliphatic rings. The molecule has 0 unspecified atom stereocenters. The standard InChI is InChI=1S/C19H19ClN2O3S/c20-14-5-7-15(8-6-14)25-13-18(23)21-9-11-22(12-10-21)19(24)16-3-1-2-4-17(16)26/h1-8,26H,9-13H2. The average molecular weight is 391 g/mol. The normalized spacial score (nSPS) is 14.2. The highest BCUT2D eigenvalue weighted by atomic mass is 35.5. The predicted octanol–water partition coefficient (Wildman–Crippen LogP) is 2.99. The lowest BCUT2D eigenvalue weighted by Gasteiger charge is -2.35. The summed E-state index contributed by atoms with van der Waals surface area (Å²) in [5.74, 6) is 0.448. The Balaban J connectivity index is 1.50. The quantitative estimate of drug-likeness (QED) is 0.816. The topological polar surface area (TPSA) is 49.9 Å². The molecular weight excluding hydrogens is 372 g/mol. The second-order valence-corrected chi connectivity index (χ2v) is 6.85. The molecule has 0 bridgehead atoms. The number of hydrogen-bond acceptors (Lipinski definition) is 4. The molecule has 1 aliphatic heterocycles. The Morgan fingerprint density at radius 3 is 2.23 bits per heavy atom. The number of amides is 2. The van der Waals surface area contributed by atoms with Crippen LogP contribution in [0.15, 0.2) is 53.4 Å². The third-order valence-electron chi connectivity index (χ3n) is 4.23. The van der Waals surface area contributed by atoms with Crippen molar-refractivity contribution in [3.05, 3.63) is 59.1 Å². The Hall–Kier alpha value is -2.18. The first-order valence-corrected chi connectivity index (χ1v) is 9.10. The predicted molar refractivity (Wildman–Crippen MR) is 103 cm³/mol. The molecule has 0 N–H and O–H groups in total. The number of ether oxygens (including phenoxy) is 1. The van der Waals surface area contributed by atoms with Gasteiger partial charge in [-0.05, 0) is 36.4 Å². The Kier molecular flexibility index (Phi) is 6.06. The average Bonchev–Trinajstić information content (AvgIpc) is 2.67. The zero-order chi connectivity index (χ0) is 18.5. The maximum atomic E-state index is 12.6. The van der Waals surface area contributed by atoms with Gasteiger partial charge in [0.05, 0.1) is 5.56 Å². The molecule has 5 nitrogen and oxygen atoms in total. The van der Waals surface area contributed by atoms with E-state index in [1.165, 1.54) is 0 Å². The number of thiol groups is 1. The molecule has 7 heteroatoms. The van der Waals surface area contributed by atoms with Crippen LogP contribution in [0.1, 0.15) is 10.4 Å². The highest BCUT2D eigenvalue weighted by Crippen LogP contribution is 2.17. The minimum absolute atomic E-state index is 0.0327. The first-order valence-electron chi connectivity index (χ1n) is 8.28. The molecule has 2 amide bonds. The Morgan fingerprint density at radius 2 is 1.58 bits per heavy atom. The minimum Gasteiger partial charge on any atom is -0.484 e. The summed E-state index contributed by atoms with van der Waals surface area (Å²) >= 11 is 10.2. The van der Waals surface area contributed by atoms with Crippen LogP contribution in [-0.2, 0) is 4.79 Å². The molecule has 2 aromatic rings. The molecule has 3 rings (SSSR count). The summed E-state index contributed by atoms with van der Waals surface area (Å²) in [6.07, 6.45) is 0. The summed E-state index contributed by atoms with van der Waals surface area (Å²) in [5.41, 5.74) is 0.585. The molecule has 136 valence electrons. The maximum Gasteiger partial charge on any atom is 0.260 e. The van der Waals surface area contributed by atoms with Gasteiger partial charge in [0.25, 0.3) is 11.8 Å². The van der Waals surface area contributed by atoms with Crippen molar-refractivity contribution in [2.24, 2.45) is 0 Å². The Bertz CT molecular complexity index is 790. The van der Waals surface area contributed by atoms with Crippen molar-refractivity contribution in [1.82, 2.24) is 9.80 Å². The van der Waals surface area contributed by atoms with E-state index in [4.69, 9.17) is 16.3 Å². The van der Waals surface area contributed by atoms with Crippen LogP contribution in [0.5, 0.6) is 5.75 Å². The van der Waals surface area contributed by atoms with Gasteiger partial charge in [-0.1, -0.05) is 23.7 Å². The maximum absolute atomic E-state index is 12.6. The van der Waals surface area contributed by atoms with Crippen molar-refractivity contribution in [3.8, 4) is 5.75 Å². The van der Waals surface area contributed by atoms with Crippen molar-refractivity contribution in [2.75, 3.05) is 32.8 Å². The number of benzene rings is 2. The van der Waals surface area contributed by atoms with Gasteiger partial charge in [0.1, 0.15) is 5.75 Å². The molecule has 0 spiro atoms. The van der Waals surface area contributed by atoms with E-state index < -0.39 is 0 Å². The largest absolute Gasteiger partial charge is 0.484 e. The summed E-state index contributed by atoms with van der Waals surface area (Å²) in [7, 11) is 0. The number of rotatable bonds is 4. The van der Waals surface area contributed by atoms with Gasteiger partial charge in [-0.25, -0.2) is 0 Å². The van der Waals surface area contributed by atoms with E-state index in [0.717, 1.165) is 0 Å². The summed E-state index contributed by atoms with van der Waals surface area (Å²) in [4.78, 5) is 29.0. The van der Waals surface area contributed by atoms with Crippen LogP contribution >= 0.6 is 24.2 Å². The van der Waals surface area contributed by atoms with Gasteiger partial charge in [0.15, 0.2) is 6.61 Å². The van der Waals surface area contributed by atoms with Gasteiger partial charge in [-0.2, -0.15) is 0 Å². The smallest absolute Gasteiger partial charge is 0.260 e. The third-order valence-corrected chi connectivity index (χ3v) is 4.87. The van der Waals surface area contributed by atoms with Gasteiger partial charge >= 0.3 is 0 Å². The van der Waals surface area contributed by atoms with Gasteiger partial charge < -0.3 is 14.5 Å². The van der Waals surface area contributed by atoms with Crippen LogP contribution in [0.25, 0.3) is 0 Å². The summed E-state index contributed by atoms with van der Waals surface area (Å²) in [6, 6.07) is 14.1. The number of carbonyl (C=O) groups is 2. The number of nitrogens with zero attached hydrogens (tertiary/aromatic N) is 2. The number of carbonyl (C=O) groups excluding carboxylic acids is 2. The van der Waals surface area contributed by atoms with Crippen LogP contribution < -0.4 is 4.74 Å². The van der Waals surface area contributed by atoms with Crippen LogP contribution in [0, 0.1) is 0 Å². The fourth-order valence-corrected chi connectivity index (χ4v) is 3.13. The van der Waals surface area contributed by atoms with E-state index in [2.05, 4.69) is 12.6 Å². The molecule has 0 saturated carbocycles. The zero-order valence-corrected chi connectivity index (χ0v) is 15.7. The van der Waals surface area contributed by atoms with Gasteiger partial charge in [0.2, 0.25) is 0 Å². The molecular formula is C19H19ClN2O3S. The van der Waals surface area contributed by atoms with Crippen molar-refractivity contribution in [1.29, 1.82) is 0 Å². The van der Waals surface area contributed by atoms with E-state index >= 15 is 0 Å². The zero-order valence-electron chi connectivity index (χ0n) is 14.1. The molecule has 0 aliphatic carbocycles. The van der Waals surface area contributed by atoms with Crippen LogP contribution in [0.2, 0.25) is 5.02 Å².